The first kappa shape index (κ1) is 15.7. The Balaban J connectivity index is 2.86. The SMILES string of the molecule is COc1cc2c(=O)n(C(C)C(=O)O)ccc2c(OC)c1OC. The van der Waals surface area contributed by atoms with Crippen LogP contribution in [0.4, 0.5) is 0 Å². The molecule has 0 amide bonds. The second-order valence-electron chi connectivity index (χ2n) is 4.65. The number of rotatable bonds is 5. The normalized spacial score (nSPS) is 12.0. The van der Waals surface area contributed by atoms with Crippen LogP contribution in [0.5, 0.6) is 17.2 Å². The summed E-state index contributed by atoms with van der Waals surface area (Å²) in [4.78, 5) is 23.7. The van der Waals surface area contributed by atoms with Gasteiger partial charge in [0.15, 0.2) is 11.5 Å². The van der Waals surface area contributed by atoms with Crippen LogP contribution in [-0.4, -0.2) is 37.0 Å². The Bertz CT molecular complexity index is 780. The van der Waals surface area contributed by atoms with Gasteiger partial charge in [0.1, 0.15) is 6.04 Å². The van der Waals surface area contributed by atoms with Crippen molar-refractivity contribution in [2.45, 2.75) is 13.0 Å². The van der Waals surface area contributed by atoms with Crippen LogP contribution in [0.25, 0.3) is 10.8 Å². The molecule has 1 unspecified atom stereocenters. The van der Waals surface area contributed by atoms with Crippen LogP contribution in [-0.2, 0) is 4.79 Å². The van der Waals surface area contributed by atoms with E-state index in [4.69, 9.17) is 19.3 Å². The van der Waals surface area contributed by atoms with Gasteiger partial charge in [0, 0.05) is 11.6 Å². The molecular formula is C15H17NO6. The van der Waals surface area contributed by atoms with Gasteiger partial charge in [-0.3, -0.25) is 4.79 Å². The fourth-order valence-corrected chi connectivity index (χ4v) is 2.31. The van der Waals surface area contributed by atoms with Crippen molar-refractivity contribution < 1.29 is 24.1 Å². The number of carbonyl (C=O) groups is 1. The highest BCUT2D eigenvalue weighted by Gasteiger charge is 2.21. The molecule has 0 aliphatic carbocycles. The molecule has 1 aromatic heterocycles. The summed E-state index contributed by atoms with van der Waals surface area (Å²) in [5.74, 6) is -0.0106. The van der Waals surface area contributed by atoms with Gasteiger partial charge in [-0.05, 0) is 19.1 Å². The maximum Gasteiger partial charge on any atom is 0.326 e. The van der Waals surface area contributed by atoms with E-state index < -0.39 is 17.6 Å². The van der Waals surface area contributed by atoms with E-state index in [2.05, 4.69) is 0 Å². The van der Waals surface area contributed by atoms with Crippen molar-refractivity contribution in [1.82, 2.24) is 4.57 Å². The third-order valence-corrected chi connectivity index (χ3v) is 3.51. The van der Waals surface area contributed by atoms with Crippen molar-refractivity contribution in [2.24, 2.45) is 0 Å². The molecule has 0 bridgehead atoms. The summed E-state index contributed by atoms with van der Waals surface area (Å²) in [6.45, 7) is 1.44. The Morgan fingerprint density at radius 2 is 1.77 bits per heavy atom. The Labute approximate surface area is 126 Å². The number of benzene rings is 1. The minimum Gasteiger partial charge on any atom is -0.493 e. The summed E-state index contributed by atoms with van der Waals surface area (Å²) < 4.78 is 17.0. The minimum atomic E-state index is -1.09. The zero-order valence-electron chi connectivity index (χ0n) is 12.7. The van der Waals surface area contributed by atoms with Crippen LogP contribution in [0, 0.1) is 0 Å². The summed E-state index contributed by atoms with van der Waals surface area (Å²) in [5, 5.41) is 9.91. The van der Waals surface area contributed by atoms with Crippen molar-refractivity contribution in [1.29, 1.82) is 0 Å². The average Bonchev–Trinajstić information content (AvgIpc) is 2.52. The van der Waals surface area contributed by atoms with Crippen LogP contribution in [0.2, 0.25) is 0 Å². The molecular weight excluding hydrogens is 290 g/mol. The first-order valence-corrected chi connectivity index (χ1v) is 6.52. The van der Waals surface area contributed by atoms with Crippen LogP contribution < -0.4 is 19.8 Å². The number of ether oxygens (including phenoxy) is 3. The van der Waals surface area contributed by atoms with E-state index >= 15 is 0 Å². The number of methoxy groups -OCH3 is 3. The number of fused-ring (bicyclic) bond motifs is 1. The zero-order valence-corrected chi connectivity index (χ0v) is 12.7. The topological polar surface area (TPSA) is 87.0 Å². The van der Waals surface area contributed by atoms with E-state index in [9.17, 15) is 9.59 Å². The van der Waals surface area contributed by atoms with Gasteiger partial charge < -0.3 is 23.9 Å². The van der Waals surface area contributed by atoms with Crippen LogP contribution in [0.15, 0.2) is 23.1 Å². The quantitative estimate of drug-likeness (QED) is 0.904. The molecule has 1 atom stereocenters. The number of carboxylic acid groups (broad SMARTS) is 1. The number of carboxylic acids is 1. The third kappa shape index (κ3) is 2.34. The number of pyridine rings is 1. The molecule has 0 fully saturated rings. The molecule has 118 valence electrons. The lowest BCUT2D eigenvalue weighted by Crippen LogP contribution is -2.27. The summed E-state index contributed by atoms with van der Waals surface area (Å²) in [7, 11) is 4.38. The molecule has 0 aliphatic heterocycles. The van der Waals surface area contributed by atoms with Crippen molar-refractivity contribution in [3.05, 3.63) is 28.7 Å². The lowest BCUT2D eigenvalue weighted by Gasteiger charge is -2.16. The lowest BCUT2D eigenvalue weighted by atomic mass is 10.1. The van der Waals surface area contributed by atoms with Gasteiger partial charge in [0.05, 0.1) is 26.7 Å². The Hall–Kier alpha value is -2.70. The summed E-state index contributed by atoms with van der Waals surface area (Å²) in [6, 6.07) is 2.16. The predicted octanol–water partition coefficient (Wildman–Crippen LogP) is 1.67. The molecule has 7 heteroatoms. The zero-order chi connectivity index (χ0) is 16.4. The predicted molar refractivity (Wildman–Crippen MR) is 80.2 cm³/mol. The van der Waals surface area contributed by atoms with E-state index in [0.29, 0.717) is 28.0 Å². The first-order valence-electron chi connectivity index (χ1n) is 6.52. The standard InChI is InChI=1S/C15H17NO6/c1-8(15(18)19)16-6-5-9-10(14(16)17)7-11(20-2)13(22-4)12(9)21-3/h5-8H,1-4H3,(H,18,19). The fourth-order valence-electron chi connectivity index (χ4n) is 2.31. The fraction of sp³-hybridized carbons (Fsp3) is 0.333. The van der Waals surface area contributed by atoms with Crippen LogP contribution >= 0.6 is 0 Å². The number of aromatic nitrogens is 1. The number of aliphatic carboxylic acids is 1. The van der Waals surface area contributed by atoms with Gasteiger partial charge in [-0.1, -0.05) is 0 Å². The molecule has 0 saturated heterocycles. The van der Waals surface area contributed by atoms with Crippen molar-refractivity contribution >= 4 is 16.7 Å². The van der Waals surface area contributed by atoms with E-state index in [1.54, 1.807) is 6.07 Å². The number of hydrogen-bond donors (Lipinski definition) is 1. The molecule has 0 spiro atoms. The first-order chi connectivity index (χ1) is 10.5. The van der Waals surface area contributed by atoms with Gasteiger partial charge in [-0.15, -0.1) is 0 Å². The van der Waals surface area contributed by atoms with E-state index in [1.165, 1.54) is 40.5 Å². The van der Waals surface area contributed by atoms with Gasteiger partial charge in [0.25, 0.3) is 5.56 Å². The van der Waals surface area contributed by atoms with E-state index in [0.717, 1.165) is 4.57 Å². The summed E-state index contributed by atoms with van der Waals surface area (Å²) in [6.07, 6.45) is 1.43. The molecule has 1 heterocycles. The summed E-state index contributed by atoms with van der Waals surface area (Å²) >= 11 is 0. The number of hydrogen-bond acceptors (Lipinski definition) is 5. The Morgan fingerprint density at radius 1 is 1.14 bits per heavy atom. The summed E-state index contributed by atoms with van der Waals surface area (Å²) in [5.41, 5.74) is -0.438. The van der Waals surface area contributed by atoms with Crippen molar-refractivity contribution in [3.63, 3.8) is 0 Å². The molecule has 1 aromatic carbocycles. The van der Waals surface area contributed by atoms with Crippen LogP contribution in [0.3, 0.4) is 0 Å². The highest BCUT2D eigenvalue weighted by molar-refractivity contribution is 5.92. The third-order valence-electron chi connectivity index (χ3n) is 3.51. The lowest BCUT2D eigenvalue weighted by molar-refractivity contribution is -0.140. The maximum atomic E-state index is 12.6. The van der Waals surface area contributed by atoms with Crippen LogP contribution in [0.1, 0.15) is 13.0 Å². The molecule has 7 nitrogen and oxygen atoms in total. The highest BCUT2D eigenvalue weighted by Crippen LogP contribution is 2.42. The second kappa shape index (κ2) is 5.97. The average molecular weight is 307 g/mol. The molecule has 2 rings (SSSR count). The number of nitrogens with zero attached hydrogens (tertiary/aromatic N) is 1. The maximum absolute atomic E-state index is 12.6. The molecule has 0 aliphatic rings. The van der Waals surface area contributed by atoms with E-state index in [-0.39, 0.29) is 0 Å². The smallest absolute Gasteiger partial charge is 0.326 e. The molecule has 2 aromatic rings. The minimum absolute atomic E-state index is 0.296. The van der Waals surface area contributed by atoms with Gasteiger partial charge in [0.2, 0.25) is 5.75 Å². The second-order valence-corrected chi connectivity index (χ2v) is 4.65. The van der Waals surface area contributed by atoms with Gasteiger partial charge in [-0.2, -0.15) is 0 Å². The Kier molecular flexibility index (Phi) is 4.25. The molecule has 22 heavy (non-hydrogen) atoms. The Morgan fingerprint density at radius 3 is 2.27 bits per heavy atom. The highest BCUT2D eigenvalue weighted by atomic mass is 16.5. The van der Waals surface area contributed by atoms with Gasteiger partial charge >= 0.3 is 5.97 Å². The van der Waals surface area contributed by atoms with Gasteiger partial charge in [-0.25, -0.2) is 4.79 Å². The molecule has 0 saturated carbocycles. The molecule has 0 radical (unpaired) electrons. The monoisotopic (exact) mass is 307 g/mol. The van der Waals surface area contributed by atoms with E-state index in [1.807, 2.05) is 0 Å². The van der Waals surface area contributed by atoms with Crippen molar-refractivity contribution in [3.8, 4) is 17.2 Å². The molecule has 1 N–H and O–H groups in total. The van der Waals surface area contributed by atoms with Crippen molar-refractivity contribution in [2.75, 3.05) is 21.3 Å². The largest absolute Gasteiger partial charge is 0.493 e.